The van der Waals surface area contributed by atoms with Crippen molar-refractivity contribution in [3.8, 4) is 11.5 Å². The molecule has 3 heteroatoms. The highest BCUT2D eigenvalue weighted by atomic mass is 16.5. The van der Waals surface area contributed by atoms with Gasteiger partial charge in [0.25, 0.3) is 0 Å². The Hall–Kier alpha value is -2.16. The number of rotatable bonds is 3. The van der Waals surface area contributed by atoms with Crippen molar-refractivity contribution in [2.75, 3.05) is 12.4 Å². The van der Waals surface area contributed by atoms with E-state index < -0.39 is 0 Å². The predicted octanol–water partition coefficient (Wildman–Crippen LogP) is 3.14. The molecule has 0 aliphatic heterocycles. The van der Waals surface area contributed by atoms with Crippen LogP contribution in [0.1, 0.15) is 0 Å². The van der Waals surface area contributed by atoms with Crippen LogP contribution >= 0.6 is 0 Å². The summed E-state index contributed by atoms with van der Waals surface area (Å²) in [5, 5.41) is 12.7. The molecule has 16 heavy (non-hydrogen) atoms. The predicted molar refractivity (Wildman–Crippen MR) is 64.4 cm³/mol. The van der Waals surface area contributed by atoms with Gasteiger partial charge in [0, 0.05) is 5.69 Å². The van der Waals surface area contributed by atoms with Crippen LogP contribution in [0.25, 0.3) is 0 Å². The van der Waals surface area contributed by atoms with E-state index >= 15 is 0 Å². The van der Waals surface area contributed by atoms with Crippen LogP contribution < -0.4 is 10.1 Å². The van der Waals surface area contributed by atoms with E-state index in [1.165, 1.54) is 0 Å². The smallest absolute Gasteiger partial charge is 0.139 e. The minimum atomic E-state index is 0.235. The Morgan fingerprint density at radius 2 is 1.69 bits per heavy atom. The number of phenolic OH excluding ortho intramolecular Hbond substituents is 1. The zero-order valence-electron chi connectivity index (χ0n) is 8.97. The summed E-state index contributed by atoms with van der Waals surface area (Å²) in [6, 6.07) is 14.6. The number of anilines is 2. The average molecular weight is 215 g/mol. The lowest BCUT2D eigenvalue weighted by Crippen LogP contribution is -1.90. The van der Waals surface area contributed by atoms with Crippen LogP contribution in [0.15, 0.2) is 48.5 Å². The van der Waals surface area contributed by atoms with Gasteiger partial charge in [0.1, 0.15) is 11.5 Å². The Kier molecular flexibility index (Phi) is 2.96. The molecule has 2 rings (SSSR count). The van der Waals surface area contributed by atoms with Gasteiger partial charge < -0.3 is 15.2 Å². The average Bonchev–Trinajstić information content (AvgIpc) is 2.33. The fraction of sp³-hybridized carbons (Fsp3) is 0.0769. The number of para-hydroxylation sites is 2. The maximum absolute atomic E-state index is 9.59. The number of hydrogen-bond donors (Lipinski definition) is 2. The molecule has 0 saturated heterocycles. The lowest BCUT2D eigenvalue weighted by Gasteiger charge is -2.08. The van der Waals surface area contributed by atoms with Crippen LogP contribution in [0.2, 0.25) is 0 Å². The van der Waals surface area contributed by atoms with Crippen LogP contribution in [0, 0.1) is 0 Å². The topological polar surface area (TPSA) is 41.5 Å². The molecule has 0 bridgehead atoms. The van der Waals surface area contributed by atoms with E-state index in [4.69, 9.17) is 4.74 Å². The largest absolute Gasteiger partial charge is 0.506 e. The molecule has 0 spiro atoms. The van der Waals surface area contributed by atoms with Crippen molar-refractivity contribution >= 4 is 11.4 Å². The van der Waals surface area contributed by atoms with Crippen molar-refractivity contribution < 1.29 is 9.84 Å². The van der Waals surface area contributed by atoms with Crippen molar-refractivity contribution in [1.82, 2.24) is 0 Å². The van der Waals surface area contributed by atoms with Gasteiger partial charge in [-0.15, -0.1) is 0 Å². The van der Waals surface area contributed by atoms with Crippen molar-refractivity contribution in [3.63, 3.8) is 0 Å². The third-order valence-corrected chi connectivity index (χ3v) is 2.27. The van der Waals surface area contributed by atoms with Crippen LogP contribution in [0.4, 0.5) is 11.4 Å². The maximum Gasteiger partial charge on any atom is 0.139 e. The van der Waals surface area contributed by atoms with Crippen molar-refractivity contribution in [2.24, 2.45) is 0 Å². The van der Waals surface area contributed by atoms with Gasteiger partial charge in [0.2, 0.25) is 0 Å². The van der Waals surface area contributed by atoms with Crippen LogP contribution in [-0.2, 0) is 0 Å². The second kappa shape index (κ2) is 4.57. The van der Waals surface area contributed by atoms with E-state index in [1.807, 2.05) is 36.4 Å². The molecule has 2 aromatic carbocycles. The second-order valence-electron chi connectivity index (χ2n) is 3.37. The van der Waals surface area contributed by atoms with E-state index in [0.29, 0.717) is 5.69 Å². The van der Waals surface area contributed by atoms with Crippen molar-refractivity contribution in [2.45, 2.75) is 0 Å². The quantitative estimate of drug-likeness (QED) is 0.773. The number of ether oxygens (including phenoxy) is 1. The summed E-state index contributed by atoms with van der Waals surface area (Å²) in [4.78, 5) is 0. The molecule has 0 atom stereocenters. The Morgan fingerprint density at radius 3 is 2.31 bits per heavy atom. The monoisotopic (exact) mass is 215 g/mol. The van der Waals surface area contributed by atoms with Gasteiger partial charge in [-0.2, -0.15) is 0 Å². The molecule has 0 aliphatic rings. The Bertz CT molecular complexity index is 466. The summed E-state index contributed by atoms with van der Waals surface area (Å²) in [6.45, 7) is 0. The highest BCUT2D eigenvalue weighted by Gasteiger charge is 1.99. The molecule has 0 aliphatic carbocycles. The van der Waals surface area contributed by atoms with Gasteiger partial charge >= 0.3 is 0 Å². The third kappa shape index (κ3) is 2.25. The molecule has 0 heterocycles. The maximum atomic E-state index is 9.59. The number of aromatic hydroxyl groups is 1. The first-order valence-electron chi connectivity index (χ1n) is 4.98. The molecule has 0 unspecified atom stereocenters. The summed E-state index contributed by atoms with van der Waals surface area (Å²) in [7, 11) is 1.63. The highest BCUT2D eigenvalue weighted by molar-refractivity contribution is 5.65. The zero-order valence-corrected chi connectivity index (χ0v) is 8.97. The van der Waals surface area contributed by atoms with E-state index in [0.717, 1.165) is 11.4 Å². The third-order valence-electron chi connectivity index (χ3n) is 2.27. The standard InChI is InChI=1S/C13H13NO2/c1-16-11-8-6-10(7-9-11)14-12-4-2-3-5-13(12)15/h2-9,14-15H,1H3. The molecule has 82 valence electrons. The number of nitrogens with one attached hydrogen (secondary N) is 1. The number of hydrogen-bond acceptors (Lipinski definition) is 3. The molecule has 0 aromatic heterocycles. The summed E-state index contributed by atoms with van der Waals surface area (Å²) in [6.07, 6.45) is 0. The van der Waals surface area contributed by atoms with Crippen LogP contribution in [0.5, 0.6) is 11.5 Å². The number of benzene rings is 2. The first-order chi connectivity index (χ1) is 7.79. The Balaban J connectivity index is 2.18. The van der Waals surface area contributed by atoms with E-state index in [2.05, 4.69) is 5.32 Å². The lowest BCUT2D eigenvalue weighted by molar-refractivity contribution is 0.415. The molecule has 0 saturated carbocycles. The van der Waals surface area contributed by atoms with Gasteiger partial charge in [-0.25, -0.2) is 0 Å². The number of methoxy groups -OCH3 is 1. The van der Waals surface area contributed by atoms with Crippen LogP contribution in [0.3, 0.4) is 0 Å². The first-order valence-corrected chi connectivity index (χ1v) is 4.98. The fourth-order valence-corrected chi connectivity index (χ4v) is 1.41. The molecular weight excluding hydrogens is 202 g/mol. The molecule has 0 fully saturated rings. The first kappa shape index (κ1) is 10.4. The van der Waals surface area contributed by atoms with Gasteiger partial charge in [0.15, 0.2) is 0 Å². The van der Waals surface area contributed by atoms with Crippen molar-refractivity contribution in [1.29, 1.82) is 0 Å². The molecule has 3 nitrogen and oxygen atoms in total. The zero-order chi connectivity index (χ0) is 11.4. The Labute approximate surface area is 94.3 Å². The highest BCUT2D eigenvalue weighted by Crippen LogP contribution is 2.26. The molecule has 0 amide bonds. The summed E-state index contributed by atoms with van der Waals surface area (Å²) in [5.74, 6) is 1.04. The van der Waals surface area contributed by atoms with Gasteiger partial charge in [-0.05, 0) is 36.4 Å². The summed E-state index contributed by atoms with van der Waals surface area (Å²) in [5.41, 5.74) is 1.59. The van der Waals surface area contributed by atoms with E-state index in [1.54, 1.807) is 19.2 Å². The summed E-state index contributed by atoms with van der Waals surface area (Å²) < 4.78 is 5.07. The fourth-order valence-electron chi connectivity index (χ4n) is 1.41. The van der Waals surface area contributed by atoms with E-state index in [-0.39, 0.29) is 5.75 Å². The second-order valence-corrected chi connectivity index (χ2v) is 3.37. The van der Waals surface area contributed by atoms with Gasteiger partial charge in [-0.1, -0.05) is 12.1 Å². The molecular formula is C13H13NO2. The molecule has 2 N–H and O–H groups in total. The Morgan fingerprint density at radius 1 is 1.00 bits per heavy atom. The minimum Gasteiger partial charge on any atom is -0.506 e. The minimum absolute atomic E-state index is 0.235. The lowest BCUT2D eigenvalue weighted by atomic mass is 10.2. The summed E-state index contributed by atoms with van der Waals surface area (Å²) >= 11 is 0. The molecule has 2 aromatic rings. The van der Waals surface area contributed by atoms with Gasteiger partial charge in [-0.3, -0.25) is 0 Å². The van der Waals surface area contributed by atoms with Gasteiger partial charge in [0.05, 0.1) is 12.8 Å². The molecule has 0 radical (unpaired) electrons. The van der Waals surface area contributed by atoms with Crippen LogP contribution in [-0.4, -0.2) is 12.2 Å². The SMILES string of the molecule is COc1ccc(Nc2ccccc2O)cc1. The van der Waals surface area contributed by atoms with E-state index in [9.17, 15) is 5.11 Å². The number of phenols is 1. The van der Waals surface area contributed by atoms with Crippen molar-refractivity contribution in [3.05, 3.63) is 48.5 Å². The normalized spacial score (nSPS) is 9.81.